The predicted molar refractivity (Wildman–Crippen MR) is 90.9 cm³/mol. The highest BCUT2D eigenvalue weighted by atomic mass is 16.7. The van der Waals surface area contributed by atoms with E-state index in [0.29, 0.717) is 37.8 Å². The molecule has 1 fully saturated rings. The van der Waals surface area contributed by atoms with Crippen LogP contribution in [0.2, 0.25) is 0 Å². The summed E-state index contributed by atoms with van der Waals surface area (Å²) in [6.45, 7) is 2.63. The van der Waals surface area contributed by atoms with Gasteiger partial charge >= 0.3 is 11.8 Å². The topological polar surface area (TPSA) is 110 Å². The van der Waals surface area contributed by atoms with Crippen molar-refractivity contribution < 1.29 is 23.6 Å². The van der Waals surface area contributed by atoms with Crippen LogP contribution in [-0.4, -0.2) is 65.2 Å². The molecule has 1 aromatic carbocycles. The van der Waals surface area contributed by atoms with Crippen molar-refractivity contribution in [1.29, 1.82) is 0 Å². The molecule has 0 saturated carbocycles. The van der Waals surface area contributed by atoms with Crippen LogP contribution in [0.5, 0.6) is 11.5 Å². The number of hydrogen-bond acceptors (Lipinski definition) is 8. The van der Waals surface area contributed by atoms with Gasteiger partial charge in [-0.2, -0.15) is 4.98 Å². The molecule has 0 spiro atoms. The van der Waals surface area contributed by atoms with Crippen LogP contribution in [0.4, 0.5) is 0 Å². The molecule has 2 aromatic rings. The Bertz CT molecular complexity index is 867. The van der Waals surface area contributed by atoms with Crippen LogP contribution in [0, 0.1) is 0 Å². The standard InChI is InChI=1S/C17H19N5O5/c1-18-16(24)17-19-14(20-27-17)8-21-4-5-22(15(23)9-21)7-11-2-3-12-13(6-11)26-10-25-12/h2-3,6H,4-5,7-10H2,1H3,(H,18,24). The van der Waals surface area contributed by atoms with E-state index in [1.165, 1.54) is 7.05 Å². The fraction of sp³-hybridized carbons (Fsp3) is 0.412. The van der Waals surface area contributed by atoms with Crippen molar-refractivity contribution in [1.82, 2.24) is 25.3 Å². The zero-order valence-corrected chi connectivity index (χ0v) is 14.8. The van der Waals surface area contributed by atoms with Crippen molar-refractivity contribution in [2.75, 3.05) is 33.5 Å². The molecule has 0 unspecified atom stereocenters. The molecule has 1 N–H and O–H groups in total. The molecule has 1 aromatic heterocycles. The number of carbonyl (C=O) groups is 2. The number of rotatable bonds is 5. The third-order valence-electron chi connectivity index (χ3n) is 4.46. The van der Waals surface area contributed by atoms with Gasteiger partial charge in [0.2, 0.25) is 12.7 Å². The highest BCUT2D eigenvalue weighted by molar-refractivity contribution is 5.89. The Morgan fingerprint density at radius 1 is 1.22 bits per heavy atom. The summed E-state index contributed by atoms with van der Waals surface area (Å²) in [5, 5.41) is 6.21. The van der Waals surface area contributed by atoms with E-state index in [1.807, 2.05) is 23.1 Å². The van der Waals surface area contributed by atoms with Gasteiger partial charge in [0.25, 0.3) is 0 Å². The van der Waals surface area contributed by atoms with E-state index in [4.69, 9.17) is 14.0 Å². The van der Waals surface area contributed by atoms with Gasteiger partial charge in [0.05, 0.1) is 13.1 Å². The zero-order chi connectivity index (χ0) is 18.8. The average molecular weight is 373 g/mol. The minimum Gasteiger partial charge on any atom is -0.454 e. The molecule has 10 nitrogen and oxygen atoms in total. The first-order valence-corrected chi connectivity index (χ1v) is 8.55. The van der Waals surface area contributed by atoms with E-state index in [0.717, 1.165) is 11.3 Å². The van der Waals surface area contributed by atoms with Crippen LogP contribution >= 0.6 is 0 Å². The highest BCUT2D eigenvalue weighted by Crippen LogP contribution is 2.32. The average Bonchev–Trinajstić information content (AvgIpc) is 3.32. The third-order valence-corrected chi connectivity index (χ3v) is 4.46. The Labute approximate surface area is 155 Å². The summed E-state index contributed by atoms with van der Waals surface area (Å²) in [6.07, 6.45) is 0. The summed E-state index contributed by atoms with van der Waals surface area (Å²) >= 11 is 0. The maximum Gasteiger partial charge on any atom is 0.315 e. The van der Waals surface area contributed by atoms with E-state index in [-0.39, 0.29) is 25.1 Å². The summed E-state index contributed by atoms with van der Waals surface area (Å²) in [5.41, 5.74) is 0.995. The number of piperazine rings is 1. The second-order valence-electron chi connectivity index (χ2n) is 6.31. The Morgan fingerprint density at radius 3 is 2.89 bits per heavy atom. The Balaban J connectivity index is 1.33. The van der Waals surface area contributed by atoms with Gasteiger partial charge in [-0.3, -0.25) is 14.5 Å². The summed E-state index contributed by atoms with van der Waals surface area (Å²) in [5.74, 6) is 1.33. The van der Waals surface area contributed by atoms with Crippen molar-refractivity contribution in [2.24, 2.45) is 0 Å². The second kappa shape index (κ2) is 7.23. The monoisotopic (exact) mass is 373 g/mol. The molecule has 0 atom stereocenters. The quantitative estimate of drug-likeness (QED) is 0.780. The minimum absolute atomic E-state index is 0.0222. The smallest absolute Gasteiger partial charge is 0.315 e. The first-order valence-electron chi connectivity index (χ1n) is 8.55. The van der Waals surface area contributed by atoms with Crippen LogP contribution in [-0.2, 0) is 17.9 Å². The molecule has 1 saturated heterocycles. The number of aromatic nitrogens is 2. The van der Waals surface area contributed by atoms with Gasteiger partial charge in [0.1, 0.15) is 0 Å². The molecule has 3 heterocycles. The molecule has 2 aliphatic heterocycles. The van der Waals surface area contributed by atoms with Crippen molar-refractivity contribution >= 4 is 11.8 Å². The second-order valence-corrected chi connectivity index (χ2v) is 6.31. The lowest BCUT2D eigenvalue weighted by molar-refractivity contribution is -0.136. The molecule has 0 aliphatic carbocycles. The number of ether oxygens (including phenoxy) is 2. The fourth-order valence-electron chi connectivity index (χ4n) is 3.04. The number of amides is 2. The Kier molecular flexibility index (Phi) is 4.63. The van der Waals surface area contributed by atoms with E-state index >= 15 is 0 Å². The number of fused-ring (bicyclic) bond motifs is 1. The molecule has 142 valence electrons. The maximum atomic E-state index is 12.5. The number of nitrogens with one attached hydrogen (secondary N) is 1. The number of nitrogens with zero attached hydrogens (tertiary/aromatic N) is 4. The van der Waals surface area contributed by atoms with Crippen molar-refractivity contribution in [3.8, 4) is 11.5 Å². The lowest BCUT2D eigenvalue weighted by Crippen LogP contribution is -2.49. The summed E-state index contributed by atoms with van der Waals surface area (Å²) in [6, 6.07) is 5.70. The fourth-order valence-corrected chi connectivity index (χ4v) is 3.04. The molecular formula is C17H19N5O5. The molecule has 0 bridgehead atoms. The predicted octanol–water partition coefficient (Wildman–Crippen LogP) is 0.00230. The third kappa shape index (κ3) is 3.70. The SMILES string of the molecule is CNC(=O)c1nc(CN2CCN(Cc3ccc4c(c3)OCO4)C(=O)C2)no1. The Morgan fingerprint density at radius 2 is 2.07 bits per heavy atom. The van der Waals surface area contributed by atoms with Gasteiger partial charge in [-0.15, -0.1) is 0 Å². The first kappa shape index (κ1) is 17.3. The summed E-state index contributed by atoms with van der Waals surface area (Å²) in [7, 11) is 1.49. The van der Waals surface area contributed by atoms with Gasteiger partial charge in [-0.05, 0) is 17.7 Å². The van der Waals surface area contributed by atoms with Gasteiger partial charge in [0.15, 0.2) is 17.3 Å². The van der Waals surface area contributed by atoms with Crippen molar-refractivity contribution in [3.05, 3.63) is 35.5 Å². The Hall–Kier alpha value is -3.14. The van der Waals surface area contributed by atoms with Crippen LogP contribution < -0.4 is 14.8 Å². The van der Waals surface area contributed by atoms with Crippen LogP contribution in [0.25, 0.3) is 0 Å². The number of carbonyl (C=O) groups excluding carboxylic acids is 2. The lowest BCUT2D eigenvalue weighted by Gasteiger charge is -2.33. The molecule has 0 radical (unpaired) electrons. The highest BCUT2D eigenvalue weighted by Gasteiger charge is 2.26. The molecule has 4 rings (SSSR count). The van der Waals surface area contributed by atoms with Crippen LogP contribution in [0.3, 0.4) is 0 Å². The van der Waals surface area contributed by atoms with Gasteiger partial charge in [0, 0.05) is 26.7 Å². The summed E-state index contributed by atoms with van der Waals surface area (Å²) < 4.78 is 15.6. The van der Waals surface area contributed by atoms with Crippen molar-refractivity contribution in [2.45, 2.75) is 13.1 Å². The maximum absolute atomic E-state index is 12.5. The van der Waals surface area contributed by atoms with Gasteiger partial charge < -0.3 is 24.2 Å². The first-order chi connectivity index (χ1) is 13.1. The zero-order valence-electron chi connectivity index (χ0n) is 14.8. The van der Waals surface area contributed by atoms with E-state index in [1.54, 1.807) is 4.90 Å². The van der Waals surface area contributed by atoms with E-state index < -0.39 is 5.91 Å². The largest absolute Gasteiger partial charge is 0.454 e. The van der Waals surface area contributed by atoms with E-state index in [9.17, 15) is 9.59 Å². The molecule has 10 heteroatoms. The molecule has 27 heavy (non-hydrogen) atoms. The van der Waals surface area contributed by atoms with Crippen LogP contribution in [0.15, 0.2) is 22.7 Å². The normalized spacial score (nSPS) is 16.6. The van der Waals surface area contributed by atoms with Crippen LogP contribution in [0.1, 0.15) is 22.1 Å². The van der Waals surface area contributed by atoms with E-state index in [2.05, 4.69) is 15.5 Å². The minimum atomic E-state index is -0.432. The molecular weight excluding hydrogens is 354 g/mol. The van der Waals surface area contributed by atoms with Gasteiger partial charge in [-0.25, -0.2) is 0 Å². The lowest BCUT2D eigenvalue weighted by atomic mass is 10.1. The van der Waals surface area contributed by atoms with Crippen molar-refractivity contribution in [3.63, 3.8) is 0 Å². The molecule has 2 amide bonds. The number of hydrogen-bond donors (Lipinski definition) is 1. The van der Waals surface area contributed by atoms with Gasteiger partial charge in [-0.1, -0.05) is 11.2 Å². The number of benzene rings is 1. The molecule has 2 aliphatic rings. The summed E-state index contributed by atoms with van der Waals surface area (Å²) in [4.78, 5) is 31.7.